The highest BCUT2D eigenvalue weighted by atomic mass is 16.7. The molecule has 8 nitrogen and oxygen atoms in total. The lowest BCUT2D eigenvalue weighted by Gasteiger charge is -2.18. The van der Waals surface area contributed by atoms with Crippen molar-refractivity contribution < 1.29 is 38.2 Å². The molecule has 4 aromatic rings. The quantitative estimate of drug-likeness (QED) is 0.287. The second kappa shape index (κ2) is 9.54. The fraction of sp³-hybridized carbons (Fsp3) is 0.241. The van der Waals surface area contributed by atoms with Crippen LogP contribution in [0.25, 0.3) is 22.0 Å². The Morgan fingerprint density at radius 1 is 1.00 bits per heavy atom. The summed E-state index contributed by atoms with van der Waals surface area (Å²) in [6.07, 6.45) is 3.01. The number of rotatable bonds is 8. The van der Waals surface area contributed by atoms with Crippen LogP contribution in [0.2, 0.25) is 0 Å². The number of aryl methyl sites for hydroxylation is 2. The van der Waals surface area contributed by atoms with E-state index in [0.717, 1.165) is 52.1 Å². The molecule has 0 atom stereocenters. The second-order valence-electron chi connectivity index (χ2n) is 8.98. The third-order valence-corrected chi connectivity index (χ3v) is 6.67. The van der Waals surface area contributed by atoms with Gasteiger partial charge in [-0.3, -0.25) is 4.79 Å². The lowest BCUT2D eigenvalue weighted by atomic mass is 9.95. The molecule has 0 unspecified atom stereocenters. The van der Waals surface area contributed by atoms with Crippen LogP contribution in [0.15, 0.2) is 60.8 Å². The van der Waals surface area contributed by atoms with Crippen LogP contribution < -0.4 is 28.3 Å². The van der Waals surface area contributed by atoms with Crippen LogP contribution in [0.4, 0.5) is 0 Å². The molecule has 2 aliphatic rings. The molecule has 8 heteroatoms. The first kappa shape index (κ1) is 23.0. The summed E-state index contributed by atoms with van der Waals surface area (Å²) in [7, 11) is 1.63. The summed E-state index contributed by atoms with van der Waals surface area (Å²) in [6.45, 7) is 1.75. The molecule has 0 aliphatic carbocycles. The summed E-state index contributed by atoms with van der Waals surface area (Å²) in [6, 6.07) is 17.3. The number of hydrogen-bond donors (Lipinski definition) is 1. The van der Waals surface area contributed by atoms with E-state index in [-0.39, 0.29) is 13.2 Å². The molecule has 188 valence electrons. The Balaban J connectivity index is 1.23. The minimum absolute atomic E-state index is 0.0119. The number of nitrogens with zero attached hydrogens (tertiary/aromatic N) is 1. The molecular weight excluding hydrogens is 474 g/mol. The van der Waals surface area contributed by atoms with Gasteiger partial charge in [0, 0.05) is 12.5 Å². The van der Waals surface area contributed by atoms with Crippen LogP contribution in [-0.2, 0) is 24.2 Å². The molecule has 0 fully saturated rings. The molecule has 0 radical (unpaired) electrons. The van der Waals surface area contributed by atoms with Gasteiger partial charge in [0.25, 0.3) is 0 Å². The first-order chi connectivity index (χ1) is 18.1. The molecule has 1 aromatic heterocycles. The first-order valence-electron chi connectivity index (χ1n) is 12.1. The Kier molecular flexibility index (Phi) is 5.92. The van der Waals surface area contributed by atoms with Crippen molar-refractivity contribution >= 4 is 16.7 Å². The van der Waals surface area contributed by atoms with E-state index in [1.807, 2.05) is 12.1 Å². The van der Waals surface area contributed by atoms with Gasteiger partial charge in [0.05, 0.1) is 24.5 Å². The molecule has 2 aliphatic heterocycles. The number of ether oxygens (including phenoxy) is 5. The van der Waals surface area contributed by atoms with Crippen LogP contribution >= 0.6 is 0 Å². The van der Waals surface area contributed by atoms with Gasteiger partial charge in [-0.1, -0.05) is 12.1 Å². The summed E-state index contributed by atoms with van der Waals surface area (Å²) in [5.74, 6) is 2.72. The van der Waals surface area contributed by atoms with Gasteiger partial charge in [-0.2, -0.15) is 4.57 Å². The van der Waals surface area contributed by atoms with Crippen molar-refractivity contribution in [2.45, 2.75) is 19.4 Å². The zero-order valence-corrected chi connectivity index (χ0v) is 20.4. The fourth-order valence-electron chi connectivity index (χ4n) is 4.89. The molecule has 3 aromatic carbocycles. The third-order valence-electron chi connectivity index (χ3n) is 6.67. The van der Waals surface area contributed by atoms with Crippen LogP contribution in [0.1, 0.15) is 11.1 Å². The Morgan fingerprint density at radius 3 is 2.57 bits per heavy atom. The number of carboxylic acids is 1. The zero-order chi connectivity index (χ0) is 25.4. The van der Waals surface area contributed by atoms with Crippen molar-refractivity contribution in [3.63, 3.8) is 0 Å². The van der Waals surface area contributed by atoms with E-state index in [2.05, 4.69) is 29.0 Å². The maximum Gasteiger partial charge on any atom is 0.307 e. The smallest absolute Gasteiger partial charge is 0.307 e. The largest absolute Gasteiger partial charge is 0.493 e. The van der Waals surface area contributed by atoms with Gasteiger partial charge in [0.15, 0.2) is 35.7 Å². The lowest BCUT2D eigenvalue weighted by molar-refractivity contribution is -0.686. The van der Waals surface area contributed by atoms with Gasteiger partial charge < -0.3 is 28.8 Å². The number of pyridine rings is 1. The highest BCUT2D eigenvalue weighted by Crippen LogP contribution is 2.41. The van der Waals surface area contributed by atoms with E-state index < -0.39 is 5.97 Å². The topological polar surface area (TPSA) is 87.3 Å². The molecule has 0 bridgehead atoms. The lowest BCUT2D eigenvalue weighted by Crippen LogP contribution is -2.40. The average molecular weight is 501 g/mol. The van der Waals surface area contributed by atoms with E-state index in [1.165, 1.54) is 5.56 Å². The fourth-order valence-corrected chi connectivity index (χ4v) is 4.89. The maximum absolute atomic E-state index is 10.8. The number of carbonyl (C=O) groups is 1. The van der Waals surface area contributed by atoms with Gasteiger partial charge in [0.1, 0.15) is 19.0 Å². The summed E-state index contributed by atoms with van der Waals surface area (Å²) in [5.41, 5.74) is 4.25. The summed E-state index contributed by atoms with van der Waals surface area (Å²) < 4.78 is 31.0. The third kappa shape index (κ3) is 4.46. The number of aliphatic carboxylic acids is 1. The van der Waals surface area contributed by atoms with Gasteiger partial charge in [-0.15, -0.1) is 0 Å². The van der Waals surface area contributed by atoms with Crippen molar-refractivity contribution in [1.29, 1.82) is 0 Å². The molecule has 0 spiro atoms. The monoisotopic (exact) mass is 500 g/mol. The van der Waals surface area contributed by atoms with Gasteiger partial charge in [0.2, 0.25) is 12.5 Å². The zero-order valence-electron chi connectivity index (χ0n) is 20.4. The van der Waals surface area contributed by atoms with E-state index in [9.17, 15) is 4.79 Å². The summed E-state index contributed by atoms with van der Waals surface area (Å²) in [4.78, 5) is 10.8. The number of carboxylic acid groups (broad SMARTS) is 1. The predicted molar refractivity (Wildman–Crippen MR) is 135 cm³/mol. The predicted octanol–water partition coefficient (Wildman–Crippen LogP) is 4.17. The van der Waals surface area contributed by atoms with Crippen molar-refractivity contribution in [2.75, 3.05) is 27.1 Å². The van der Waals surface area contributed by atoms with Gasteiger partial charge in [-0.25, -0.2) is 0 Å². The Bertz CT molecular complexity index is 1500. The number of fused-ring (bicyclic) bond motifs is 5. The number of benzene rings is 3. The Morgan fingerprint density at radius 2 is 1.78 bits per heavy atom. The Labute approximate surface area is 213 Å². The van der Waals surface area contributed by atoms with Crippen LogP contribution in [0.3, 0.4) is 0 Å². The first-order valence-corrected chi connectivity index (χ1v) is 12.1. The van der Waals surface area contributed by atoms with Crippen LogP contribution in [0.5, 0.6) is 28.7 Å². The second-order valence-corrected chi connectivity index (χ2v) is 8.98. The maximum atomic E-state index is 10.8. The van der Waals surface area contributed by atoms with Crippen molar-refractivity contribution in [1.82, 2.24) is 0 Å². The summed E-state index contributed by atoms with van der Waals surface area (Å²) >= 11 is 0. The van der Waals surface area contributed by atoms with Gasteiger partial charge in [-0.05, 0) is 52.9 Å². The van der Waals surface area contributed by atoms with Crippen LogP contribution in [-0.4, -0.2) is 38.2 Å². The van der Waals surface area contributed by atoms with E-state index >= 15 is 0 Å². The molecular formula is C29H26NO7+. The molecule has 3 heterocycles. The minimum atomic E-state index is -0.859. The molecule has 0 amide bonds. The normalized spacial score (nSPS) is 13.1. The standard InChI is InChI=1S/C29H25NO7/c1-33-25-7-4-19-13-24-22-15-27-26(36-17-37-27)14-20(22)8-9-30(24)16-23(19)29(25)35-11-10-34-21-5-2-18(3-6-21)12-28(31)32/h2-7,13-16H,8-12,17H2,1H3/p+1. The number of hydrogen-bond acceptors (Lipinski definition) is 6. The molecule has 37 heavy (non-hydrogen) atoms. The van der Waals surface area contributed by atoms with Gasteiger partial charge >= 0.3 is 5.97 Å². The highest BCUT2D eigenvalue weighted by Gasteiger charge is 2.28. The number of methoxy groups -OCH3 is 1. The van der Waals surface area contributed by atoms with Crippen molar-refractivity contribution in [2.24, 2.45) is 0 Å². The van der Waals surface area contributed by atoms with E-state index in [0.29, 0.717) is 30.5 Å². The molecule has 1 N–H and O–H groups in total. The van der Waals surface area contributed by atoms with Crippen molar-refractivity contribution in [3.8, 4) is 40.0 Å². The average Bonchev–Trinajstić information content (AvgIpc) is 3.37. The molecule has 6 rings (SSSR count). The minimum Gasteiger partial charge on any atom is -0.493 e. The van der Waals surface area contributed by atoms with E-state index in [1.54, 1.807) is 31.4 Å². The highest BCUT2D eigenvalue weighted by molar-refractivity contribution is 5.91. The van der Waals surface area contributed by atoms with E-state index in [4.69, 9.17) is 28.8 Å². The molecule has 0 saturated heterocycles. The SMILES string of the molecule is COc1ccc2cc3[n+](cc2c1OCCOc1ccc(CC(=O)O)cc1)CCc1cc2c(cc1-3)OCO2. The van der Waals surface area contributed by atoms with Crippen LogP contribution in [0, 0.1) is 0 Å². The molecule has 0 saturated carbocycles. The van der Waals surface area contributed by atoms with Crippen molar-refractivity contribution in [3.05, 3.63) is 71.9 Å². The Hall–Kier alpha value is -4.46. The number of aromatic nitrogens is 1. The summed E-state index contributed by atoms with van der Waals surface area (Å²) in [5, 5.41) is 10.9.